The van der Waals surface area contributed by atoms with E-state index in [4.69, 9.17) is 4.74 Å². The largest absolute Gasteiger partial charge is 0.479 e. The number of carbonyl (C=O) groups is 2. The lowest BCUT2D eigenvalue weighted by Gasteiger charge is -2.27. The first-order chi connectivity index (χ1) is 10.5. The van der Waals surface area contributed by atoms with Gasteiger partial charge >= 0.3 is 11.9 Å². The van der Waals surface area contributed by atoms with Gasteiger partial charge in [-0.15, -0.1) is 0 Å². The van der Waals surface area contributed by atoms with Gasteiger partial charge in [0.15, 0.2) is 0 Å². The van der Waals surface area contributed by atoms with Crippen molar-refractivity contribution in [2.45, 2.75) is 32.0 Å². The molecule has 0 atom stereocenters. The van der Waals surface area contributed by atoms with Crippen LogP contribution in [0.15, 0.2) is 24.3 Å². The first-order valence-electron chi connectivity index (χ1n) is 6.67. The molecule has 8 nitrogen and oxygen atoms in total. The fraction of sp³-hybridized carbons (Fsp3) is 0.429. The van der Waals surface area contributed by atoms with Gasteiger partial charge in [0.2, 0.25) is 10.0 Å². The average molecular weight is 345 g/mol. The molecular weight excluding hydrogens is 326 g/mol. The summed E-state index contributed by atoms with van der Waals surface area (Å²) in [5.74, 6) is -3.20. The van der Waals surface area contributed by atoms with E-state index in [-0.39, 0.29) is 5.69 Å². The number of anilines is 1. The highest BCUT2D eigenvalue weighted by atomic mass is 32.2. The Hall–Kier alpha value is -2.13. The van der Waals surface area contributed by atoms with Crippen LogP contribution in [-0.4, -0.2) is 48.5 Å². The van der Waals surface area contributed by atoms with E-state index in [1.54, 1.807) is 13.8 Å². The average Bonchev–Trinajstić information content (AvgIpc) is 2.37. The third-order valence-corrected chi connectivity index (χ3v) is 3.44. The molecule has 0 aromatic heterocycles. The molecule has 0 saturated carbocycles. The molecule has 0 radical (unpaired) electrons. The van der Waals surface area contributed by atoms with Crippen molar-refractivity contribution >= 4 is 27.6 Å². The molecule has 0 unspecified atom stereocenters. The van der Waals surface area contributed by atoms with E-state index >= 15 is 0 Å². The van der Waals surface area contributed by atoms with Crippen molar-refractivity contribution in [2.75, 3.05) is 11.0 Å². The fourth-order valence-corrected chi connectivity index (χ4v) is 2.54. The lowest BCUT2D eigenvalue weighted by molar-refractivity contribution is -0.188. The molecule has 128 valence electrons. The van der Waals surface area contributed by atoms with E-state index in [2.05, 4.69) is 4.72 Å². The van der Waals surface area contributed by atoms with E-state index in [1.165, 1.54) is 24.3 Å². The van der Waals surface area contributed by atoms with Gasteiger partial charge in [0.1, 0.15) is 0 Å². The molecule has 0 heterocycles. The highest BCUT2D eigenvalue weighted by Crippen LogP contribution is 2.23. The number of carboxylic acids is 2. The van der Waals surface area contributed by atoms with Crippen molar-refractivity contribution in [3.63, 3.8) is 0 Å². The van der Waals surface area contributed by atoms with Crippen LogP contribution in [0, 0.1) is 0 Å². The van der Waals surface area contributed by atoms with Gasteiger partial charge in [0, 0.05) is 12.1 Å². The Bertz CT molecular complexity index is 666. The van der Waals surface area contributed by atoms with Crippen molar-refractivity contribution < 1.29 is 33.0 Å². The van der Waals surface area contributed by atoms with E-state index in [9.17, 15) is 28.2 Å². The van der Waals surface area contributed by atoms with Crippen molar-refractivity contribution in [2.24, 2.45) is 0 Å². The fourth-order valence-electron chi connectivity index (χ4n) is 1.98. The standard InChI is InChI=1S/C14H19NO7S/c1-9(2)22-14(12(16)17,13(18)19)8-10-4-6-11(7-5-10)15-23(3,20)21/h4-7,9,15H,8H2,1-3H3,(H,16,17)(H,18,19). The molecule has 3 N–H and O–H groups in total. The molecule has 1 rings (SSSR count). The van der Waals surface area contributed by atoms with Crippen molar-refractivity contribution in [3.8, 4) is 0 Å². The number of rotatable bonds is 8. The van der Waals surface area contributed by atoms with E-state index in [1.807, 2.05) is 0 Å². The Labute approximate surface area is 134 Å². The number of benzene rings is 1. The Morgan fingerprint density at radius 3 is 2.00 bits per heavy atom. The monoisotopic (exact) mass is 345 g/mol. The van der Waals surface area contributed by atoms with Crippen LogP contribution in [0.25, 0.3) is 0 Å². The van der Waals surface area contributed by atoms with Gasteiger partial charge in [0.25, 0.3) is 5.60 Å². The second-order valence-electron chi connectivity index (χ2n) is 5.35. The molecule has 1 aromatic rings. The second kappa shape index (κ2) is 6.97. The van der Waals surface area contributed by atoms with Crippen LogP contribution >= 0.6 is 0 Å². The van der Waals surface area contributed by atoms with Gasteiger partial charge in [-0.1, -0.05) is 12.1 Å². The molecule has 23 heavy (non-hydrogen) atoms. The summed E-state index contributed by atoms with van der Waals surface area (Å²) in [5.41, 5.74) is -1.73. The molecule has 0 aliphatic carbocycles. The maximum Gasteiger partial charge on any atom is 0.348 e. The minimum Gasteiger partial charge on any atom is -0.479 e. The van der Waals surface area contributed by atoms with Crippen molar-refractivity contribution in [3.05, 3.63) is 29.8 Å². The van der Waals surface area contributed by atoms with Crippen LogP contribution in [-0.2, 0) is 30.8 Å². The number of carboxylic acid groups (broad SMARTS) is 2. The van der Waals surface area contributed by atoms with Crippen molar-refractivity contribution in [1.82, 2.24) is 0 Å². The molecule has 0 saturated heterocycles. The SMILES string of the molecule is CC(C)OC(Cc1ccc(NS(C)(=O)=O)cc1)(C(=O)O)C(=O)O. The van der Waals surface area contributed by atoms with Crippen LogP contribution in [0.3, 0.4) is 0 Å². The predicted molar refractivity (Wildman–Crippen MR) is 82.8 cm³/mol. The smallest absolute Gasteiger partial charge is 0.348 e. The third kappa shape index (κ3) is 5.22. The number of sulfonamides is 1. The maximum absolute atomic E-state index is 11.5. The van der Waals surface area contributed by atoms with E-state index in [0.29, 0.717) is 5.56 Å². The highest BCUT2D eigenvalue weighted by molar-refractivity contribution is 7.92. The molecule has 0 bridgehead atoms. The first kappa shape index (κ1) is 18.9. The molecule has 0 spiro atoms. The zero-order valence-electron chi connectivity index (χ0n) is 12.9. The summed E-state index contributed by atoms with van der Waals surface area (Å²) in [6.45, 7) is 3.08. The normalized spacial score (nSPS) is 12.2. The summed E-state index contributed by atoms with van der Waals surface area (Å²) in [7, 11) is -3.43. The minimum atomic E-state index is -3.43. The molecule has 0 aliphatic heterocycles. The zero-order valence-corrected chi connectivity index (χ0v) is 13.8. The Morgan fingerprint density at radius 1 is 1.17 bits per heavy atom. The lowest BCUT2D eigenvalue weighted by Crippen LogP contribution is -2.52. The number of ether oxygens (including phenoxy) is 1. The predicted octanol–water partition coefficient (Wildman–Crippen LogP) is 0.934. The summed E-state index contributed by atoms with van der Waals surface area (Å²) in [6, 6.07) is 5.72. The van der Waals surface area contributed by atoms with Crippen LogP contribution in [0.4, 0.5) is 5.69 Å². The topological polar surface area (TPSA) is 130 Å². The van der Waals surface area contributed by atoms with E-state index in [0.717, 1.165) is 6.26 Å². The molecule has 0 aliphatic rings. The molecule has 0 fully saturated rings. The van der Waals surface area contributed by atoms with Crippen LogP contribution < -0.4 is 4.72 Å². The van der Waals surface area contributed by atoms with Gasteiger partial charge in [0.05, 0.1) is 12.4 Å². The number of aliphatic carboxylic acids is 2. The van der Waals surface area contributed by atoms with Crippen LogP contribution in [0.2, 0.25) is 0 Å². The van der Waals surface area contributed by atoms with Crippen LogP contribution in [0.1, 0.15) is 19.4 Å². The second-order valence-corrected chi connectivity index (χ2v) is 7.10. The molecular formula is C14H19NO7S. The molecule has 1 aromatic carbocycles. The summed E-state index contributed by atoms with van der Waals surface area (Å²) in [4.78, 5) is 22.9. The zero-order chi connectivity index (χ0) is 17.8. The Morgan fingerprint density at radius 2 is 1.65 bits per heavy atom. The molecule has 0 amide bonds. The summed E-state index contributed by atoms with van der Waals surface area (Å²) in [5, 5.41) is 18.6. The van der Waals surface area contributed by atoms with Crippen molar-refractivity contribution in [1.29, 1.82) is 0 Å². The van der Waals surface area contributed by atoms with Gasteiger partial charge < -0.3 is 14.9 Å². The first-order valence-corrected chi connectivity index (χ1v) is 8.57. The Balaban J connectivity index is 3.09. The third-order valence-electron chi connectivity index (χ3n) is 2.84. The number of nitrogens with one attached hydrogen (secondary N) is 1. The Kier molecular flexibility index (Phi) is 5.73. The molecule has 9 heteroatoms. The van der Waals surface area contributed by atoms with Gasteiger partial charge in [-0.25, -0.2) is 18.0 Å². The number of hydrogen-bond acceptors (Lipinski definition) is 5. The van der Waals surface area contributed by atoms with Gasteiger partial charge in [-0.3, -0.25) is 4.72 Å². The van der Waals surface area contributed by atoms with Gasteiger partial charge in [-0.2, -0.15) is 0 Å². The van der Waals surface area contributed by atoms with Gasteiger partial charge in [-0.05, 0) is 31.5 Å². The van der Waals surface area contributed by atoms with E-state index < -0.39 is 40.1 Å². The summed E-state index contributed by atoms with van der Waals surface area (Å²) >= 11 is 0. The summed E-state index contributed by atoms with van der Waals surface area (Å²) < 4.78 is 29.7. The number of hydrogen-bond donors (Lipinski definition) is 3. The minimum absolute atomic E-state index is 0.289. The highest BCUT2D eigenvalue weighted by Gasteiger charge is 2.49. The van der Waals surface area contributed by atoms with Crippen LogP contribution in [0.5, 0.6) is 0 Å². The quantitative estimate of drug-likeness (QED) is 0.598. The lowest BCUT2D eigenvalue weighted by atomic mass is 9.94. The summed E-state index contributed by atoms with van der Waals surface area (Å²) in [6.07, 6.45) is 0.0000857. The maximum atomic E-state index is 11.5.